The van der Waals surface area contributed by atoms with Gasteiger partial charge in [0.05, 0.1) is 24.1 Å². The normalized spacial score (nSPS) is 14.8. The van der Waals surface area contributed by atoms with Gasteiger partial charge in [0.25, 0.3) is 0 Å². The van der Waals surface area contributed by atoms with Gasteiger partial charge in [0, 0.05) is 35.6 Å². The zero-order chi connectivity index (χ0) is 30.2. The lowest BCUT2D eigenvalue weighted by molar-refractivity contribution is -0.141. The second-order valence-corrected chi connectivity index (χ2v) is 13.4. The van der Waals surface area contributed by atoms with Crippen LogP contribution in [0.4, 0.5) is 5.69 Å². The van der Waals surface area contributed by atoms with E-state index in [2.05, 4.69) is 5.32 Å². The third-order valence-electron chi connectivity index (χ3n) is 7.27. The first-order valence-corrected chi connectivity index (χ1v) is 16.8. The summed E-state index contributed by atoms with van der Waals surface area (Å²) in [5.41, 5.74) is 1.04. The molecule has 12 heteroatoms. The summed E-state index contributed by atoms with van der Waals surface area (Å²) in [6, 6.07) is 9.15. The summed E-state index contributed by atoms with van der Waals surface area (Å²) in [6.07, 6.45) is 6.92. The summed E-state index contributed by atoms with van der Waals surface area (Å²) in [6.45, 7) is 2.04. The molecule has 0 bridgehead atoms. The van der Waals surface area contributed by atoms with Gasteiger partial charge in [-0.1, -0.05) is 67.1 Å². The summed E-state index contributed by atoms with van der Waals surface area (Å²) >= 11 is 18.8. The highest BCUT2D eigenvalue weighted by atomic mass is 35.5. The Balaban J connectivity index is 1.79. The number of rotatable bonds is 13. The number of benzene rings is 2. The van der Waals surface area contributed by atoms with Crippen LogP contribution in [0.25, 0.3) is 0 Å². The predicted molar refractivity (Wildman–Crippen MR) is 166 cm³/mol. The molecule has 0 aromatic heterocycles. The first-order chi connectivity index (χ1) is 19.4. The van der Waals surface area contributed by atoms with Crippen molar-refractivity contribution in [2.45, 2.75) is 76.9 Å². The van der Waals surface area contributed by atoms with Gasteiger partial charge in [0.15, 0.2) is 0 Å². The van der Waals surface area contributed by atoms with E-state index in [9.17, 15) is 18.0 Å². The van der Waals surface area contributed by atoms with E-state index in [0.29, 0.717) is 33.5 Å². The van der Waals surface area contributed by atoms with Crippen LogP contribution in [0.3, 0.4) is 0 Å². The van der Waals surface area contributed by atoms with E-state index < -0.39 is 16.1 Å². The van der Waals surface area contributed by atoms with Crippen molar-refractivity contribution in [2.24, 2.45) is 0 Å². The van der Waals surface area contributed by atoms with Gasteiger partial charge in [-0.2, -0.15) is 0 Å². The van der Waals surface area contributed by atoms with Crippen LogP contribution in [0.1, 0.15) is 63.9 Å². The molecule has 0 spiro atoms. The number of nitrogens with zero attached hydrogens (tertiary/aromatic N) is 2. The van der Waals surface area contributed by atoms with Gasteiger partial charge in [0.2, 0.25) is 21.8 Å². The fourth-order valence-electron chi connectivity index (χ4n) is 5.11. The molecule has 3 rings (SSSR count). The quantitative estimate of drug-likeness (QED) is 0.270. The SMILES string of the molecule is CC[C@@H](C(=O)NC1CCCCC1)N(Cc1ccc(Cl)cc1Cl)C(=O)CCCN(c1ccc(OC)c(Cl)c1)S(C)(=O)=O. The van der Waals surface area contributed by atoms with Crippen molar-refractivity contribution in [3.63, 3.8) is 0 Å². The number of sulfonamides is 1. The molecule has 1 aliphatic rings. The molecule has 226 valence electrons. The summed E-state index contributed by atoms with van der Waals surface area (Å²) in [5.74, 6) is -0.0426. The lowest BCUT2D eigenvalue weighted by atomic mass is 9.95. The Kier molecular flexibility index (Phi) is 12.4. The van der Waals surface area contributed by atoms with Crippen molar-refractivity contribution in [1.82, 2.24) is 10.2 Å². The number of halogens is 3. The molecule has 1 N–H and O–H groups in total. The van der Waals surface area contributed by atoms with E-state index in [0.717, 1.165) is 38.4 Å². The summed E-state index contributed by atoms with van der Waals surface area (Å²) in [4.78, 5) is 28.7. The Morgan fingerprint density at radius 1 is 1.05 bits per heavy atom. The van der Waals surface area contributed by atoms with Crippen LogP contribution in [0, 0.1) is 0 Å². The Hall–Kier alpha value is -2.20. The average molecular weight is 647 g/mol. The van der Waals surface area contributed by atoms with E-state index in [1.165, 1.54) is 17.5 Å². The topological polar surface area (TPSA) is 96.0 Å². The van der Waals surface area contributed by atoms with Crippen LogP contribution in [0.2, 0.25) is 15.1 Å². The zero-order valence-corrected chi connectivity index (χ0v) is 26.8. The number of nitrogens with one attached hydrogen (secondary N) is 1. The van der Waals surface area contributed by atoms with Gasteiger partial charge in [-0.15, -0.1) is 0 Å². The zero-order valence-electron chi connectivity index (χ0n) is 23.7. The molecule has 8 nitrogen and oxygen atoms in total. The van der Waals surface area contributed by atoms with Crippen molar-refractivity contribution in [3.8, 4) is 5.75 Å². The lowest BCUT2D eigenvalue weighted by Gasteiger charge is -2.33. The maximum Gasteiger partial charge on any atom is 0.243 e. The first kappa shape index (κ1) is 33.3. The lowest BCUT2D eigenvalue weighted by Crippen LogP contribution is -2.51. The molecule has 0 saturated heterocycles. The maximum absolute atomic E-state index is 13.7. The third-order valence-corrected chi connectivity index (χ3v) is 9.35. The molecule has 2 amide bonds. The molecule has 1 aliphatic carbocycles. The number of ether oxygens (including phenoxy) is 1. The van der Waals surface area contributed by atoms with Crippen molar-refractivity contribution in [1.29, 1.82) is 0 Å². The van der Waals surface area contributed by atoms with E-state index in [-0.39, 0.29) is 48.8 Å². The smallest absolute Gasteiger partial charge is 0.243 e. The first-order valence-electron chi connectivity index (χ1n) is 13.8. The molecule has 1 fully saturated rings. The molecule has 0 unspecified atom stereocenters. The number of anilines is 1. The maximum atomic E-state index is 13.7. The highest BCUT2D eigenvalue weighted by Gasteiger charge is 2.31. The number of hydrogen-bond donors (Lipinski definition) is 1. The van der Waals surface area contributed by atoms with Gasteiger partial charge in [-0.3, -0.25) is 13.9 Å². The Labute approximate surface area is 258 Å². The van der Waals surface area contributed by atoms with Crippen LogP contribution in [0.15, 0.2) is 36.4 Å². The van der Waals surface area contributed by atoms with Gasteiger partial charge in [0.1, 0.15) is 11.8 Å². The predicted octanol–water partition coefficient (Wildman–Crippen LogP) is 6.46. The second kappa shape index (κ2) is 15.3. The van der Waals surface area contributed by atoms with Crippen molar-refractivity contribution < 1.29 is 22.7 Å². The van der Waals surface area contributed by atoms with Gasteiger partial charge in [-0.05, 0) is 61.6 Å². The minimum atomic E-state index is -3.67. The van der Waals surface area contributed by atoms with Crippen LogP contribution in [0.5, 0.6) is 5.75 Å². The molecular formula is C29H38Cl3N3O5S. The third kappa shape index (κ3) is 9.40. The molecule has 2 aromatic rings. The van der Waals surface area contributed by atoms with E-state index in [1.807, 2.05) is 6.92 Å². The fourth-order valence-corrected chi connectivity index (χ4v) is 6.79. The van der Waals surface area contributed by atoms with Crippen LogP contribution < -0.4 is 14.4 Å². The summed E-state index contributed by atoms with van der Waals surface area (Å²) < 4.78 is 31.6. The monoisotopic (exact) mass is 645 g/mol. The highest BCUT2D eigenvalue weighted by molar-refractivity contribution is 7.92. The van der Waals surface area contributed by atoms with Crippen molar-refractivity contribution >= 4 is 62.3 Å². The average Bonchev–Trinajstić information content (AvgIpc) is 2.92. The molecule has 0 aliphatic heterocycles. The minimum absolute atomic E-state index is 0.0221. The minimum Gasteiger partial charge on any atom is -0.495 e. The van der Waals surface area contributed by atoms with Crippen molar-refractivity contribution in [3.05, 3.63) is 57.0 Å². The standard InChI is InChI=1S/C29H38Cl3N3O5S/c1-4-26(29(37)33-22-9-6-5-7-10-22)34(19-20-12-13-21(30)17-24(20)31)28(36)11-8-16-35(41(3,38)39)23-14-15-27(40-2)25(32)18-23/h12-15,17-18,22,26H,4-11,16,19H2,1-3H3,(H,33,37)/t26-/m0/s1. The number of methoxy groups -OCH3 is 1. The van der Waals surface area contributed by atoms with Crippen LogP contribution >= 0.6 is 34.8 Å². The molecular weight excluding hydrogens is 609 g/mol. The van der Waals surface area contributed by atoms with Gasteiger partial charge >= 0.3 is 0 Å². The number of carbonyl (C=O) groups is 2. The van der Waals surface area contributed by atoms with E-state index >= 15 is 0 Å². The molecule has 2 aromatic carbocycles. The largest absolute Gasteiger partial charge is 0.495 e. The summed E-state index contributed by atoms with van der Waals surface area (Å²) in [5, 5.41) is 4.29. The highest BCUT2D eigenvalue weighted by Crippen LogP contribution is 2.31. The fraction of sp³-hybridized carbons (Fsp3) is 0.517. The second-order valence-electron chi connectivity index (χ2n) is 10.3. The molecule has 1 saturated carbocycles. The number of carbonyl (C=O) groups excluding carboxylic acids is 2. The Morgan fingerprint density at radius 2 is 1.76 bits per heavy atom. The number of amides is 2. The number of hydrogen-bond acceptors (Lipinski definition) is 5. The summed E-state index contributed by atoms with van der Waals surface area (Å²) in [7, 11) is -2.19. The molecule has 0 radical (unpaired) electrons. The molecule has 1 atom stereocenters. The Bertz CT molecular complexity index is 1320. The molecule has 0 heterocycles. The van der Waals surface area contributed by atoms with Crippen LogP contribution in [-0.4, -0.2) is 57.1 Å². The van der Waals surface area contributed by atoms with Crippen molar-refractivity contribution in [2.75, 3.05) is 24.2 Å². The molecule has 41 heavy (non-hydrogen) atoms. The van der Waals surface area contributed by atoms with Crippen LogP contribution in [-0.2, 0) is 26.2 Å². The van der Waals surface area contributed by atoms with Gasteiger partial charge in [-0.25, -0.2) is 8.42 Å². The Morgan fingerprint density at radius 3 is 2.34 bits per heavy atom. The van der Waals surface area contributed by atoms with E-state index in [4.69, 9.17) is 39.5 Å². The van der Waals surface area contributed by atoms with Gasteiger partial charge < -0.3 is 15.0 Å². The van der Waals surface area contributed by atoms with E-state index in [1.54, 1.807) is 35.2 Å².